The Morgan fingerprint density at radius 1 is 0.964 bits per heavy atom. The van der Waals surface area contributed by atoms with E-state index in [0.717, 1.165) is 11.3 Å². The Morgan fingerprint density at radius 3 is 2.14 bits per heavy atom. The molecule has 28 heavy (non-hydrogen) atoms. The first-order valence-corrected chi connectivity index (χ1v) is 8.99. The maximum absolute atomic E-state index is 12.5. The molecule has 2 aromatic carbocycles. The second-order valence-corrected chi connectivity index (χ2v) is 6.94. The molecule has 3 rings (SSSR count). The second kappa shape index (κ2) is 11.8. The molecule has 0 saturated carbocycles. The summed E-state index contributed by atoms with van der Waals surface area (Å²) in [4.78, 5) is 16.7. The summed E-state index contributed by atoms with van der Waals surface area (Å²) in [6, 6.07) is 18.1. The normalized spacial score (nSPS) is 12.4. The smallest absolute Gasteiger partial charge is 0.358 e. The first-order chi connectivity index (χ1) is 12.6. The van der Waals surface area contributed by atoms with Crippen LogP contribution in [-0.2, 0) is 4.79 Å². The molecule has 1 N–H and O–H groups in total. The SMILES string of the molecule is CC(C(=O)Nc1ccc(C(C(C)C)n2ccnc2)cc1)c1ccccc1.[CH3-].[Rb+]. The summed E-state index contributed by atoms with van der Waals surface area (Å²) in [6.07, 6.45) is 5.64. The van der Waals surface area contributed by atoms with E-state index >= 15 is 0 Å². The second-order valence-electron chi connectivity index (χ2n) is 6.94. The number of carbonyl (C=O) groups is 1. The predicted molar refractivity (Wildman–Crippen MR) is 112 cm³/mol. The third kappa shape index (κ3) is 6.21. The van der Waals surface area contributed by atoms with Gasteiger partial charge in [0.2, 0.25) is 5.91 Å². The molecule has 2 atom stereocenters. The van der Waals surface area contributed by atoms with Crippen molar-refractivity contribution in [2.75, 3.05) is 5.32 Å². The standard InChI is InChI=1S/C22H25N3O.CH3.Rb/c1-16(2)21(25-14-13-23-15-25)19-9-11-20(12-10-19)24-22(26)17(3)18-7-5-4-6-8-18;;/h4-17,21H,1-3H3,(H,24,26);1H3;/q;-1;+1. The monoisotopic (exact) mass is 447 g/mol. The molecule has 0 aliphatic rings. The van der Waals surface area contributed by atoms with Gasteiger partial charge in [0.1, 0.15) is 0 Å². The molecule has 3 aromatic rings. The van der Waals surface area contributed by atoms with Gasteiger partial charge in [0, 0.05) is 18.1 Å². The Hall–Kier alpha value is -1.07. The third-order valence-corrected chi connectivity index (χ3v) is 4.69. The van der Waals surface area contributed by atoms with Crippen LogP contribution in [0.2, 0.25) is 0 Å². The topological polar surface area (TPSA) is 46.9 Å². The van der Waals surface area contributed by atoms with Gasteiger partial charge in [-0.15, -0.1) is 0 Å². The van der Waals surface area contributed by atoms with Crippen molar-refractivity contribution in [3.8, 4) is 0 Å². The zero-order valence-corrected chi connectivity index (χ0v) is 22.4. The van der Waals surface area contributed by atoms with Crippen LogP contribution in [-0.4, -0.2) is 15.5 Å². The number of imidazole rings is 1. The number of benzene rings is 2. The summed E-state index contributed by atoms with van der Waals surface area (Å²) in [6.45, 7) is 6.32. The molecule has 5 heteroatoms. The van der Waals surface area contributed by atoms with Crippen molar-refractivity contribution in [3.63, 3.8) is 0 Å². The van der Waals surface area contributed by atoms with Crippen LogP contribution in [0.5, 0.6) is 0 Å². The number of anilines is 1. The molecular weight excluding hydrogens is 420 g/mol. The van der Waals surface area contributed by atoms with Crippen LogP contribution in [0.3, 0.4) is 0 Å². The van der Waals surface area contributed by atoms with Gasteiger partial charge in [0.05, 0.1) is 18.3 Å². The molecule has 2 unspecified atom stereocenters. The van der Waals surface area contributed by atoms with Crippen molar-refractivity contribution >= 4 is 11.6 Å². The van der Waals surface area contributed by atoms with Crippen LogP contribution >= 0.6 is 0 Å². The van der Waals surface area contributed by atoms with Gasteiger partial charge in [-0.2, -0.15) is 0 Å². The van der Waals surface area contributed by atoms with Gasteiger partial charge < -0.3 is 17.3 Å². The van der Waals surface area contributed by atoms with Crippen molar-refractivity contribution < 1.29 is 63.0 Å². The molecule has 0 aliphatic carbocycles. The summed E-state index contributed by atoms with van der Waals surface area (Å²) < 4.78 is 2.12. The van der Waals surface area contributed by atoms with E-state index in [0.29, 0.717) is 5.92 Å². The van der Waals surface area contributed by atoms with Crippen LogP contribution < -0.4 is 63.5 Å². The van der Waals surface area contributed by atoms with Crippen LogP contribution in [0.4, 0.5) is 5.69 Å². The van der Waals surface area contributed by atoms with Gasteiger partial charge in [-0.3, -0.25) is 4.79 Å². The summed E-state index contributed by atoms with van der Waals surface area (Å²) in [5.74, 6) is 0.243. The average molecular weight is 448 g/mol. The summed E-state index contributed by atoms with van der Waals surface area (Å²) in [5.41, 5.74) is 3.03. The van der Waals surface area contributed by atoms with E-state index in [1.807, 2.05) is 61.9 Å². The number of aromatic nitrogens is 2. The van der Waals surface area contributed by atoms with Gasteiger partial charge in [-0.25, -0.2) is 4.98 Å². The van der Waals surface area contributed by atoms with Crippen molar-refractivity contribution in [2.45, 2.75) is 32.7 Å². The maximum atomic E-state index is 12.5. The van der Waals surface area contributed by atoms with E-state index < -0.39 is 0 Å². The zero-order valence-electron chi connectivity index (χ0n) is 17.5. The molecule has 0 fully saturated rings. The van der Waals surface area contributed by atoms with Crippen molar-refractivity contribution in [2.24, 2.45) is 5.92 Å². The number of amides is 1. The number of hydrogen-bond acceptors (Lipinski definition) is 2. The minimum Gasteiger partial charge on any atom is -0.358 e. The van der Waals surface area contributed by atoms with Crippen LogP contribution in [0, 0.1) is 13.3 Å². The third-order valence-electron chi connectivity index (χ3n) is 4.69. The quantitative estimate of drug-likeness (QED) is 0.589. The summed E-state index contributed by atoms with van der Waals surface area (Å²) >= 11 is 0. The zero-order chi connectivity index (χ0) is 18.5. The molecule has 0 radical (unpaired) electrons. The first kappa shape index (κ1) is 25.0. The van der Waals surface area contributed by atoms with Crippen LogP contribution in [0.15, 0.2) is 73.3 Å². The largest absolute Gasteiger partial charge is 1.00 e. The van der Waals surface area contributed by atoms with E-state index in [4.69, 9.17) is 0 Å². The Balaban J connectivity index is 0.00000196. The van der Waals surface area contributed by atoms with Gasteiger partial charge in [-0.05, 0) is 36.1 Å². The number of rotatable bonds is 6. The van der Waals surface area contributed by atoms with Gasteiger partial charge in [0.25, 0.3) is 0 Å². The van der Waals surface area contributed by atoms with Gasteiger partial charge in [0.15, 0.2) is 0 Å². The Kier molecular flexibility index (Phi) is 10.5. The van der Waals surface area contributed by atoms with E-state index in [1.54, 1.807) is 6.20 Å². The van der Waals surface area contributed by atoms with E-state index in [2.05, 4.69) is 40.8 Å². The van der Waals surface area contributed by atoms with E-state index in [9.17, 15) is 4.79 Å². The number of nitrogens with zero attached hydrogens (tertiary/aromatic N) is 2. The van der Waals surface area contributed by atoms with Crippen molar-refractivity contribution in [1.82, 2.24) is 9.55 Å². The summed E-state index contributed by atoms with van der Waals surface area (Å²) in [5, 5.41) is 3.01. The summed E-state index contributed by atoms with van der Waals surface area (Å²) in [7, 11) is 0. The van der Waals surface area contributed by atoms with Crippen molar-refractivity contribution in [3.05, 3.63) is 91.9 Å². The van der Waals surface area contributed by atoms with E-state index in [-0.39, 0.29) is 83.5 Å². The predicted octanol–water partition coefficient (Wildman–Crippen LogP) is 2.32. The molecule has 0 aliphatic heterocycles. The minimum absolute atomic E-state index is 0. The Bertz CT molecular complexity index is 830. The molecule has 1 amide bonds. The average Bonchev–Trinajstić information content (AvgIpc) is 3.17. The number of carbonyl (C=O) groups excluding carboxylic acids is 1. The van der Waals surface area contributed by atoms with Crippen LogP contribution in [0.1, 0.15) is 43.9 Å². The van der Waals surface area contributed by atoms with Gasteiger partial charge in [-0.1, -0.05) is 56.3 Å². The molecular formula is C23H28N3ORb. The molecule has 0 saturated heterocycles. The van der Waals surface area contributed by atoms with Crippen LogP contribution in [0.25, 0.3) is 0 Å². The molecule has 1 aromatic heterocycles. The molecule has 1 heterocycles. The number of hydrogen-bond donors (Lipinski definition) is 1. The molecule has 142 valence electrons. The number of nitrogens with one attached hydrogen (secondary N) is 1. The van der Waals surface area contributed by atoms with Crippen molar-refractivity contribution in [1.29, 1.82) is 0 Å². The van der Waals surface area contributed by atoms with E-state index in [1.165, 1.54) is 5.56 Å². The molecule has 0 bridgehead atoms. The fraction of sp³-hybridized carbons (Fsp3) is 0.261. The maximum Gasteiger partial charge on any atom is 1.00 e. The fourth-order valence-corrected chi connectivity index (χ4v) is 3.24. The van der Waals surface area contributed by atoms with Gasteiger partial charge >= 0.3 is 58.2 Å². The Morgan fingerprint density at radius 2 is 1.61 bits per heavy atom. The fourth-order valence-electron chi connectivity index (χ4n) is 3.24. The Labute approximate surface area is 217 Å². The molecule has 0 spiro atoms. The minimum atomic E-state index is -0.190. The molecule has 4 nitrogen and oxygen atoms in total. The first-order valence-electron chi connectivity index (χ1n) is 8.99.